The van der Waals surface area contributed by atoms with Crippen LogP contribution in [0.4, 0.5) is 0 Å². The molecule has 0 aromatic carbocycles. The maximum atomic E-state index is 12.8. The zero-order chi connectivity index (χ0) is 16.5. The molecular weight excluding hydrogens is 300 g/mol. The van der Waals surface area contributed by atoms with E-state index in [4.69, 9.17) is 0 Å². The van der Waals surface area contributed by atoms with E-state index in [-0.39, 0.29) is 12.5 Å². The molecule has 1 aromatic heterocycles. The van der Waals surface area contributed by atoms with Crippen molar-refractivity contribution < 1.29 is 14.7 Å². The molecule has 1 saturated heterocycles. The first kappa shape index (κ1) is 16.9. The fraction of sp³-hybridized carbons (Fsp3) is 0.688. The lowest BCUT2D eigenvalue weighted by molar-refractivity contribution is -0.150. The molecule has 2 heterocycles. The maximum Gasteiger partial charge on any atom is 0.311 e. The van der Waals surface area contributed by atoms with Crippen LogP contribution >= 0.6 is 11.3 Å². The van der Waals surface area contributed by atoms with E-state index in [0.717, 1.165) is 23.5 Å². The van der Waals surface area contributed by atoms with Gasteiger partial charge in [0.05, 0.1) is 16.1 Å². The van der Waals surface area contributed by atoms with Crippen LogP contribution in [0.2, 0.25) is 0 Å². The van der Waals surface area contributed by atoms with Gasteiger partial charge in [-0.2, -0.15) is 0 Å². The molecular formula is C16H24N2O3S. The number of thiazole rings is 1. The molecule has 5 nitrogen and oxygen atoms in total. The van der Waals surface area contributed by atoms with E-state index >= 15 is 0 Å². The summed E-state index contributed by atoms with van der Waals surface area (Å²) >= 11 is 1.42. The first-order valence-electron chi connectivity index (χ1n) is 7.72. The molecule has 0 radical (unpaired) electrons. The Morgan fingerprint density at radius 1 is 1.45 bits per heavy atom. The monoisotopic (exact) mass is 324 g/mol. The van der Waals surface area contributed by atoms with E-state index in [1.54, 1.807) is 11.8 Å². The zero-order valence-corrected chi connectivity index (χ0v) is 14.5. The van der Waals surface area contributed by atoms with E-state index in [0.29, 0.717) is 23.8 Å². The van der Waals surface area contributed by atoms with Crippen LogP contribution in [-0.4, -0.2) is 40.0 Å². The number of carboxylic acid groups (broad SMARTS) is 1. The van der Waals surface area contributed by atoms with E-state index in [9.17, 15) is 14.7 Å². The van der Waals surface area contributed by atoms with E-state index in [1.165, 1.54) is 11.3 Å². The van der Waals surface area contributed by atoms with Crippen molar-refractivity contribution in [1.82, 2.24) is 9.88 Å². The topological polar surface area (TPSA) is 70.5 Å². The van der Waals surface area contributed by atoms with Gasteiger partial charge in [-0.25, -0.2) is 4.98 Å². The van der Waals surface area contributed by atoms with Crippen LogP contribution in [0.3, 0.4) is 0 Å². The van der Waals surface area contributed by atoms with Gasteiger partial charge in [-0.1, -0.05) is 13.8 Å². The van der Waals surface area contributed by atoms with Crippen LogP contribution in [0.1, 0.15) is 54.0 Å². The summed E-state index contributed by atoms with van der Waals surface area (Å²) in [5.41, 5.74) is 0.0105. The molecule has 22 heavy (non-hydrogen) atoms. The number of carbonyl (C=O) groups is 2. The minimum absolute atomic E-state index is 0.0616. The normalized spacial score (nSPS) is 22.1. The molecule has 0 aliphatic carbocycles. The molecule has 1 aliphatic rings. The van der Waals surface area contributed by atoms with Crippen LogP contribution in [0, 0.1) is 18.3 Å². The van der Waals surface area contributed by atoms with Crippen molar-refractivity contribution in [2.75, 3.05) is 13.1 Å². The SMILES string of the molecule is Cc1nc(CC(C)C)c(C(=O)N2CCCC(C)(C(=O)O)C2)s1. The van der Waals surface area contributed by atoms with E-state index < -0.39 is 11.4 Å². The largest absolute Gasteiger partial charge is 0.481 e. The zero-order valence-electron chi connectivity index (χ0n) is 13.7. The van der Waals surface area contributed by atoms with Gasteiger partial charge in [-0.05, 0) is 39.0 Å². The molecule has 1 amide bonds. The first-order chi connectivity index (χ1) is 10.2. The number of hydrogen-bond acceptors (Lipinski definition) is 4. The fourth-order valence-corrected chi connectivity index (χ4v) is 3.81. The highest BCUT2D eigenvalue weighted by atomic mass is 32.1. The standard InChI is InChI=1S/C16H24N2O3S/c1-10(2)8-12-13(22-11(3)17-12)14(19)18-7-5-6-16(4,9-18)15(20)21/h10H,5-9H2,1-4H3,(H,20,21). The van der Waals surface area contributed by atoms with Gasteiger partial charge in [0, 0.05) is 13.1 Å². The second kappa shape index (κ2) is 6.36. The number of nitrogens with zero attached hydrogens (tertiary/aromatic N) is 2. The van der Waals surface area contributed by atoms with Crippen LogP contribution in [0.15, 0.2) is 0 Å². The predicted molar refractivity (Wildman–Crippen MR) is 86.3 cm³/mol. The van der Waals surface area contributed by atoms with Crippen molar-refractivity contribution in [2.45, 2.75) is 47.0 Å². The highest BCUT2D eigenvalue weighted by Crippen LogP contribution is 2.32. The first-order valence-corrected chi connectivity index (χ1v) is 8.53. The van der Waals surface area contributed by atoms with Gasteiger partial charge < -0.3 is 10.0 Å². The lowest BCUT2D eigenvalue weighted by Gasteiger charge is -2.37. The van der Waals surface area contributed by atoms with Gasteiger partial charge in [0.15, 0.2) is 0 Å². The predicted octanol–water partition coefficient (Wildman–Crippen LogP) is 2.98. The van der Waals surface area contributed by atoms with Crippen molar-refractivity contribution in [3.8, 4) is 0 Å². The minimum atomic E-state index is -0.841. The lowest BCUT2D eigenvalue weighted by atomic mass is 9.82. The highest BCUT2D eigenvalue weighted by Gasteiger charge is 2.40. The average Bonchev–Trinajstić information content (AvgIpc) is 2.77. The fourth-order valence-electron chi connectivity index (χ4n) is 2.89. The number of piperidine rings is 1. The molecule has 0 spiro atoms. The Kier molecular flexibility index (Phi) is 4.90. The summed E-state index contributed by atoms with van der Waals surface area (Å²) in [4.78, 5) is 31.1. The Labute approximate surface area is 135 Å². The summed E-state index contributed by atoms with van der Waals surface area (Å²) < 4.78 is 0. The molecule has 1 N–H and O–H groups in total. The van der Waals surface area contributed by atoms with Crippen molar-refractivity contribution in [3.05, 3.63) is 15.6 Å². The third kappa shape index (κ3) is 3.48. The number of likely N-dealkylation sites (tertiary alicyclic amines) is 1. The Morgan fingerprint density at radius 3 is 2.73 bits per heavy atom. The number of hydrogen-bond donors (Lipinski definition) is 1. The smallest absolute Gasteiger partial charge is 0.311 e. The Morgan fingerprint density at radius 2 is 2.14 bits per heavy atom. The third-order valence-corrected chi connectivity index (χ3v) is 5.10. The summed E-state index contributed by atoms with van der Waals surface area (Å²) in [5, 5.41) is 10.3. The number of aryl methyl sites for hydroxylation is 1. The number of carboxylic acids is 1. The van der Waals surface area contributed by atoms with Crippen molar-refractivity contribution >= 4 is 23.2 Å². The van der Waals surface area contributed by atoms with Crippen molar-refractivity contribution in [3.63, 3.8) is 0 Å². The molecule has 1 fully saturated rings. The molecule has 0 saturated carbocycles. The van der Waals surface area contributed by atoms with E-state index in [1.807, 2.05) is 6.92 Å². The van der Waals surface area contributed by atoms with Gasteiger partial charge in [-0.15, -0.1) is 11.3 Å². The van der Waals surface area contributed by atoms with Crippen LogP contribution in [0.25, 0.3) is 0 Å². The van der Waals surface area contributed by atoms with Crippen molar-refractivity contribution in [1.29, 1.82) is 0 Å². The number of rotatable bonds is 4. The number of aromatic nitrogens is 1. The summed E-state index contributed by atoms with van der Waals surface area (Å²) in [7, 11) is 0. The second-order valence-electron chi connectivity index (χ2n) is 6.80. The third-order valence-electron chi connectivity index (χ3n) is 4.10. The van der Waals surface area contributed by atoms with Gasteiger partial charge in [0.2, 0.25) is 0 Å². The van der Waals surface area contributed by atoms with Gasteiger partial charge in [0.25, 0.3) is 5.91 Å². The lowest BCUT2D eigenvalue weighted by Crippen LogP contribution is -2.48. The summed E-state index contributed by atoms with van der Waals surface area (Å²) in [6.45, 7) is 8.74. The van der Waals surface area contributed by atoms with E-state index in [2.05, 4.69) is 18.8 Å². The number of amides is 1. The quantitative estimate of drug-likeness (QED) is 0.924. The Bertz CT molecular complexity index is 582. The van der Waals surface area contributed by atoms with Crippen LogP contribution < -0.4 is 0 Å². The molecule has 0 bridgehead atoms. The van der Waals surface area contributed by atoms with Gasteiger partial charge in [-0.3, -0.25) is 9.59 Å². The summed E-state index contributed by atoms with van der Waals surface area (Å²) in [6.07, 6.45) is 2.12. The Hall–Kier alpha value is -1.43. The van der Waals surface area contributed by atoms with Gasteiger partial charge in [0.1, 0.15) is 4.88 Å². The number of aliphatic carboxylic acids is 1. The van der Waals surface area contributed by atoms with Crippen LogP contribution in [-0.2, 0) is 11.2 Å². The summed E-state index contributed by atoms with van der Waals surface area (Å²) in [6, 6.07) is 0. The molecule has 2 rings (SSSR count). The van der Waals surface area contributed by atoms with Crippen LogP contribution in [0.5, 0.6) is 0 Å². The second-order valence-corrected chi connectivity index (χ2v) is 8.01. The molecule has 122 valence electrons. The molecule has 1 aromatic rings. The molecule has 1 atom stereocenters. The molecule has 1 unspecified atom stereocenters. The Balaban J connectivity index is 2.23. The maximum absolute atomic E-state index is 12.8. The van der Waals surface area contributed by atoms with Gasteiger partial charge >= 0.3 is 5.97 Å². The molecule has 1 aliphatic heterocycles. The molecule has 6 heteroatoms. The minimum Gasteiger partial charge on any atom is -0.481 e. The summed E-state index contributed by atoms with van der Waals surface area (Å²) in [5.74, 6) is -0.458. The number of carbonyl (C=O) groups excluding carboxylic acids is 1. The average molecular weight is 324 g/mol. The highest BCUT2D eigenvalue weighted by molar-refractivity contribution is 7.13. The van der Waals surface area contributed by atoms with Crippen molar-refractivity contribution in [2.24, 2.45) is 11.3 Å².